The Labute approximate surface area is 112 Å². The van der Waals surface area contributed by atoms with Crippen LogP contribution in [-0.2, 0) is 4.79 Å². The Morgan fingerprint density at radius 3 is 2.28 bits per heavy atom. The number of carbonyl (C=O) groups excluding carboxylic acids is 1. The molecule has 0 bridgehead atoms. The number of hydrogen-bond acceptors (Lipinski definition) is 3. The summed E-state index contributed by atoms with van der Waals surface area (Å²) in [4.78, 5) is 15.6. The fourth-order valence-electron chi connectivity index (χ4n) is 2.20. The highest BCUT2D eigenvalue weighted by molar-refractivity contribution is 6.30. The molecule has 5 heteroatoms. The van der Waals surface area contributed by atoms with E-state index in [1.807, 2.05) is 31.2 Å². The summed E-state index contributed by atoms with van der Waals surface area (Å²) in [7, 11) is 0. The first-order valence-corrected chi connectivity index (χ1v) is 6.49. The highest BCUT2D eigenvalue weighted by atomic mass is 35.5. The van der Waals surface area contributed by atoms with E-state index in [2.05, 4.69) is 9.80 Å². The molecule has 18 heavy (non-hydrogen) atoms. The highest BCUT2D eigenvalue weighted by Crippen LogP contribution is 2.19. The van der Waals surface area contributed by atoms with E-state index < -0.39 is 0 Å². The van der Waals surface area contributed by atoms with Gasteiger partial charge in [-0.1, -0.05) is 11.6 Å². The summed E-state index contributed by atoms with van der Waals surface area (Å²) in [5.74, 6) is -0.255. The van der Waals surface area contributed by atoms with Crippen LogP contribution < -0.4 is 10.6 Å². The van der Waals surface area contributed by atoms with Gasteiger partial charge in [-0.25, -0.2) is 0 Å². The molecule has 1 saturated heterocycles. The minimum Gasteiger partial charge on any atom is -0.369 e. The predicted octanol–water partition coefficient (Wildman–Crippen LogP) is 1.34. The minimum absolute atomic E-state index is 0.183. The van der Waals surface area contributed by atoms with Gasteiger partial charge in [0.1, 0.15) is 0 Å². The van der Waals surface area contributed by atoms with E-state index in [1.165, 1.54) is 5.69 Å². The molecule has 1 atom stereocenters. The van der Waals surface area contributed by atoms with Gasteiger partial charge in [-0.2, -0.15) is 0 Å². The highest BCUT2D eigenvalue weighted by Gasteiger charge is 2.23. The zero-order chi connectivity index (χ0) is 13.1. The summed E-state index contributed by atoms with van der Waals surface area (Å²) in [5, 5.41) is 0.750. The lowest BCUT2D eigenvalue weighted by atomic mass is 10.2. The van der Waals surface area contributed by atoms with Crippen molar-refractivity contribution in [3.63, 3.8) is 0 Å². The Hall–Kier alpha value is -1.26. The molecular formula is C13H18ClN3O. The van der Waals surface area contributed by atoms with Gasteiger partial charge >= 0.3 is 0 Å². The smallest absolute Gasteiger partial charge is 0.234 e. The first-order valence-electron chi connectivity index (χ1n) is 6.12. The van der Waals surface area contributed by atoms with Crippen molar-refractivity contribution < 1.29 is 4.79 Å². The molecule has 1 heterocycles. The molecule has 1 aliphatic heterocycles. The van der Waals surface area contributed by atoms with Crippen molar-refractivity contribution in [1.82, 2.24) is 4.90 Å². The largest absolute Gasteiger partial charge is 0.369 e. The second-order valence-corrected chi connectivity index (χ2v) is 5.01. The fraction of sp³-hybridized carbons (Fsp3) is 0.462. The molecular weight excluding hydrogens is 250 g/mol. The molecule has 0 saturated carbocycles. The van der Waals surface area contributed by atoms with Gasteiger partial charge in [-0.15, -0.1) is 0 Å². The van der Waals surface area contributed by atoms with E-state index in [-0.39, 0.29) is 11.9 Å². The van der Waals surface area contributed by atoms with Crippen LogP contribution in [0.4, 0.5) is 5.69 Å². The van der Waals surface area contributed by atoms with Crippen LogP contribution in [0.2, 0.25) is 5.02 Å². The lowest BCUT2D eigenvalue weighted by molar-refractivity contribution is -0.122. The average Bonchev–Trinajstić information content (AvgIpc) is 2.39. The molecule has 1 fully saturated rings. The maximum absolute atomic E-state index is 11.1. The summed E-state index contributed by atoms with van der Waals surface area (Å²) in [6.45, 7) is 5.37. The van der Waals surface area contributed by atoms with Gasteiger partial charge in [0, 0.05) is 36.9 Å². The Balaban J connectivity index is 1.94. The van der Waals surface area contributed by atoms with E-state index in [4.69, 9.17) is 17.3 Å². The second-order valence-electron chi connectivity index (χ2n) is 4.58. The van der Waals surface area contributed by atoms with Gasteiger partial charge in [-0.05, 0) is 31.2 Å². The Bertz CT molecular complexity index is 413. The summed E-state index contributed by atoms with van der Waals surface area (Å²) in [5.41, 5.74) is 6.49. The molecule has 1 aromatic rings. The Morgan fingerprint density at radius 1 is 1.22 bits per heavy atom. The Morgan fingerprint density at radius 2 is 1.78 bits per heavy atom. The van der Waals surface area contributed by atoms with Crippen LogP contribution >= 0.6 is 11.6 Å². The second kappa shape index (κ2) is 5.59. The Kier molecular flexibility index (Phi) is 4.09. The lowest BCUT2D eigenvalue weighted by Gasteiger charge is -2.38. The topological polar surface area (TPSA) is 49.6 Å². The van der Waals surface area contributed by atoms with Crippen LogP contribution in [0.3, 0.4) is 0 Å². The molecule has 0 aliphatic carbocycles. The first-order chi connectivity index (χ1) is 8.58. The molecule has 1 aliphatic rings. The van der Waals surface area contributed by atoms with Crippen LogP contribution in [0.1, 0.15) is 6.92 Å². The van der Waals surface area contributed by atoms with Gasteiger partial charge in [0.15, 0.2) is 0 Å². The van der Waals surface area contributed by atoms with Crippen LogP contribution in [-0.4, -0.2) is 43.0 Å². The predicted molar refractivity (Wildman–Crippen MR) is 73.9 cm³/mol. The lowest BCUT2D eigenvalue weighted by Crippen LogP contribution is -2.53. The van der Waals surface area contributed by atoms with Crippen molar-refractivity contribution in [2.45, 2.75) is 13.0 Å². The number of anilines is 1. The number of piperazine rings is 1. The number of hydrogen-bond donors (Lipinski definition) is 1. The molecule has 1 aromatic carbocycles. The van der Waals surface area contributed by atoms with E-state index in [9.17, 15) is 4.79 Å². The van der Waals surface area contributed by atoms with Crippen molar-refractivity contribution in [2.24, 2.45) is 5.73 Å². The zero-order valence-corrected chi connectivity index (χ0v) is 11.2. The summed E-state index contributed by atoms with van der Waals surface area (Å²) >= 11 is 5.87. The molecule has 2 rings (SSSR count). The number of benzene rings is 1. The number of rotatable bonds is 3. The maximum atomic E-state index is 11.1. The van der Waals surface area contributed by atoms with Gasteiger partial charge in [0.05, 0.1) is 6.04 Å². The number of halogens is 1. The van der Waals surface area contributed by atoms with Crippen molar-refractivity contribution in [2.75, 3.05) is 31.1 Å². The van der Waals surface area contributed by atoms with Crippen molar-refractivity contribution >= 4 is 23.2 Å². The maximum Gasteiger partial charge on any atom is 0.234 e. The SMILES string of the molecule is C[C@@H](C(N)=O)N1CCN(c2ccc(Cl)cc2)CC1. The van der Waals surface area contributed by atoms with Gasteiger partial charge in [0.25, 0.3) is 0 Å². The van der Waals surface area contributed by atoms with E-state index in [0.29, 0.717) is 0 Å². The monoisotopic (exact) mass is 267 g/mol. The molecule has 0 aromatic heterocycles. The van der Waals surface area contributed by atoms with Crippen LogP contribution in [0.15, 0.2) is 24.3 Å². The third kappa shape index (κ3) is 2.94. The molecule has 0 radical (unpaired) electrons. The van der Waals surface area contributed by atoms with Crippen molar-refractivity contribution in [1.29, 1.82) is 0 Å². The standard InChI is InChI=1S/C13H18ClN3O/c1-10(13(15)18)16-6-8-17(9-7-16)12-4-2-11(14)3-5-12/h2-5,10H,6-9H2,1H3,(H2,15,18)/t10-/m0/s1. The van der Waals surface area contributed by atoms with Crippen LogP contribution in [0.25, 0.3) is 0 Å². The van der Waals surface area contributed by atoms with Crippen LogP contribution in [0.5, 0.6) is 0 Å². The quantitative estimate of drug-likeness (QED) is 0.899. The number of nitrogens with two attached hydrogens (primary N) is 1. The number of nitrogens with zero attached hydrogens (tertiary/aromatic N) is 2. The summed E-state index contributed by atoms with van der Waals surface area (Å²) in [6.07, 6.45) is 0. The fourth-order valence-corrected chi connectivity index (χ4v) is 2.33. The molecule has 4 nitrogen and oxygen atoms in total. The van der Waals surface area contributed by atoms with E-state index >= 15 is 0 Å². The number of primary amides is 1. The molecule has 0 spiro atoms. The number of carbonyl (C=O) groups is 1. The minimum atomic E-state index is -0.255. The normalized spacial score (nSPS) is 18.7. The molecule has 1 amide bonds. The summed E-state index contributed by atoms with van der Waals surface area (Å²) < 4.78 is 0. The van der Waals surface area contributed by atoms with Gasteiger partial charge < -0.3 is 10.6 Å². The number of amides is 1. The van der Waals surface area contributed by atoms with E-state index in [1.54, 1.807) is 0 Å². The van der Waals surface area contributed by atoms with Crippen molar-refractivity contribution in [3.05, 3.63) is 29.3 Å². The molecule has 0 unspecified atom stereocenters. The summed E-state index contributed by atoms with van der Waals surface area (Å²) in [6, 6.07) is 7.66. The van der Waals surface area contributed by atoms with E-state index in [0.717, 1.165) is 31.2 Å². The molecule has 98 valence electrons. The third-order valence-corrected chi connectivity index (χ3v) is 3.72. The van der Waals surface area contributed by atoms with Gasteiger partial charge in [0.2, 0.25) is 5.91 Å². The van der Waals surface area contributed by atoms with Crippen molar-refractivity contribution in [3.8, 4) is 0 Å². The molecule has 2 N–H and O–H groups in total. The van der Waals surface area contributed by atoms with Gasteiger partial charge in [-0.3, -0.25) is 9.69 Å². The third-order valence-electron chi connectivity index (χ3n) is 3.47. The zero-order valence-electron chi connectivity index (χ0n) is 10.5. The first kappa shape index (κ1) is 13.2. The van der Waals surface area contributed by atoms with Crippen LogP contribution in [0, 0.1) is 0 Å². The average molecular weight is 268 g/mol.